The molecular weight excluding hydrogens is 410 g/mol. The van der Waals surface area contributed by atoms with Gasteiger partial charge in [0.1, 0.15) is 5.82 Å². The molecule has 2 N–H and O–H groups in total. The number of fused-ring (bicyclic) bond motifs is 1. The van der Waals surface area contributed by atoms with E-state index in [4.69, 9.17) is 20.4 Å². The number of halogens is 2. The summed E-state index contributed by atoms with van der Waals surface area (Å²) in [7, 11) is 1.43. The fraction of sp³-hybridized carbons (Fsp3) is 0.200. The number of nitrogens with two attached hydrogens (primary N) is 1. The Bertz CT molecular complexity index is 1320. The number of rotatable bonds is 4. The maximum atomic E-state index is 14.3. The van der Waals surface area contributed by atoms with Crippen LogP contribution in [-0.4, -0.2) is 30.2 Å². The number of aromatic nitrogens is 2. The minimum Gasteiger partial charge on any atom is -0.494 e. The van der Waals surface area contributed by atoms with Crippen molar-refractivity contribution in [1.82, 2.24) is 9.97 Å². The topological polar surface area (TPSA) is 64.3 Å². The Morgan fingerprint density at radius 1 is 0.844 bits per heavy atom. The second kappa shape index (κ2) is 8.07. The summed E-state index contributed by atoms with van der Waals surface area (Å²) in [5.41, 5.74) is 9.24. The van der Waals surface area contributed by atoms with E-state index in [1.54, 1.807) is 18.2 Å². The molecule has 1 fully saturated rings. The zero-order valence-electron chi connectivity index (χ0n) is 17.6. The molecule has 1 saturated heterocycles. The van der Waals surface area contributed by atoms with E-state index in [0.29, 0.717) is 22.8 Å². The molecule has 0 unspecified atom stereocenters. The second-order valence-corrected chi connectivity index (χ2v) is 7.88. The molecule has 1 aliphatic rings. The van der Waals surface area contributed by atoms with Gasteiger partial charge in [0.2, 0.25) is 5.95 Å². The molecular formula is C25H22F2N4O. The first-order valence-corrected chi connectivity index (χ1v) is 10.5. The quantitative estimate of drug-likeness (QED) is 0.436. The molecule has 0 spiro atoms. The molecule has 0 saturated carbocycles. The van der Waals surface area contributed by atoms with Crippen LogP contribution in [0.2, 0.25) is 0 Å². The maximum Gasteiger partial charge on any atom is 0.226 e. The summed E-state index contributed by atoms with van der Waals surface area (Å²) in [6, 6.07) is 15.2. The van der Waals surface area contributed by atoms with E-state index < -0.39 is 11.6 Å². The molecule has 2 heterocycles. The van der Waals surface area contributed by atoms with Gasteiger partial charge < -0.3 is 15.4 Å². The zero-order valence-corrected chi connectivity index (χ0v) is 17.6. The molecule has 162 valence electrons. The number of nitrogen functional groups attached to an aromatic ring is 1. The van der Waals surface area contributed by atoms with Crippen LogP contribution in [0.5, 0.6) is 5.75 Å². The molecule has 32 heavy (non-hydrogen) atoms. The lowest BCUT2D eigenvalue weighted by Crippen LogP contribution is -2.20. The lowest BCUT2D eigenvalue weighted by molar-refractivity contribution is 0.386. The summed E-state index contributed by atoms with van der Waals surface area (Å²) in [5, 5.41) is 0.755. The van der Waals surface area contributed by atoms with E-state index in [1.165, 1.54) is 25.3 Å². The predicted molar refractivity (Wildman–Crippen MR) is 123 cm³/mol. The van der Waals surface area contributed by atoms with Crippen LogP contribution in [0, 0.1) is 11.6 Å². The zero-order chi connectivity index (χ0) is 22.2. The number of ether oxygens (including phenoxy) is 1. The van der Waals surface area contributed by atoms with E-state index >= 15 is 0 Å². The van der Waals surface area contributed by atoms with E-state index in [0.717, 1.165) is 42.4 Å². The fourth-order valence-corrected chi connectivity index (χ4v) is 4.09. The first kappa shape index (κ1) is 20.2. The monoisotopic (exact) mass is 432 g/mol. The van der Waals surface area contributed by atoms with E-state index in [1.807, 2.05) is 18.2 Å². The highest BCUT2D eigenvalue weighted by Gasteiger charge is 2.19. The molecule has 4 aromatic rings. The molecule has 0 bridgehead atoms. The van der Waals surface area contributed by atoms with E-state index in [2.05, 4.69) is 4.90 Å². The van der Waals surface area contributed by atoms with Crippen molar-refractivity contribution in [1.29, 1.82) is 0 Å². The van der Waals surface area contributed by atoms with Crippen LogP contribution in [0.25, 0.3) is 33.3 Å². The van der Waals surface area contributed by atoms with Crippen LogP contribution in [-0.2, 0) is 0 Å². The van der Waals surface area contributed by atoms with Gasteiger partial charge in [-0.3, -0.25) is 0 Å². The van der Waals surface area contributed by atoms with Crippen molar-refractivity contribution in [2.24, 2.45) is 0 Å². The molecule has 0 radical (unpaired) electrons. The Morgan fingerprint density at radius 3 is 2.25 bits per heavy atom. The first-order valence-electron chi connectivity index (χ1n) is 10.5. The summed E-state index contributed by atoms with van der Waals surface area (Å²) in [6.07, 6.45) is 2.18. The third kappa shape index (κ3) is 3.60. The van der Waals surface area contributed by atoms with Crippen LogP contribution in [0.1, 0.15) is 12.8 Å². The predicted octanol–water partition coefficient (Wildman–Crippen LogP) is 5.43. The van der Waals surface area contributed by atoms with E-state index in [9.17, 15) is 8.78 Å². The second-order valence-electron chi connectivity index (χ2n) is 7.88. The summed E-state index contributed by atoms with van der Waals surface area (Å²) in [6.45, 7) is 1.79. The van der Waals surface area contributed by atoms with E-state index in [-0.39, 0.29) is 11.4 Å². The van der Waals surface area contributed by atoms with Crippen LogP contribution >= 0.6 is 0 Å². The van der Waals surface area contributed by atoms with Crippen molar-refractivity contribution in [3.05, 3.63) is 66.2 Å². The van der Waals surface area contributed by atoms with Crippen molar-refractivity contribution >= 4 is 22.5 Å². The number of hydrogen-bond acceptors (Lipinski definition) is 5. The van der Waals surface area contributed by atoms with Gasteiger partial charge in [0.15, 0.2) is 11.6 Å². The minimum atomic E-state index is -0.495. The van der Waals surface area contributed by atoms with Gasteiger partial charge in [0, 0.05) is 24.0 Å². The molecule has 5 rings (SSSR count). The number of benzene rings is 3. The van der Waals surface area contributed by atoms with Gasteiger partial charge in [-0.15, -0.1) is 0 Å². The summed E-state index contributed by atoms with van der Waals surface area (Å²) in [4.78, 5) is 11.7. The highest BCUT2D eigenvalue weighted by molar-refractivity contribution is 5.96. The SMILES string of the molecule is COc1ccc(-c2ccc3nc(N4CCCC4)nc(-c4ccc(N)c(F)c4)c3c2)cc1F. The molecule has 7 heteroatoms. The molecule has 1 aromatic heterocycles. The Labute approximate surface area is 184 Å². The normalized spacial score (nSPS) is 13.7. The Balaban J connectivity index is 1.70. The van der Waals surface area contributed by atoms with Crippen LogP contribution < -0.4 is 15.4 Å². The van der Waals surface area contributed by atoms with Crippen molar-refractivity contribution in [2.45, 2.75) is 12.8 Å². The third-order valence-electron chi connectivity index (χ3n) is 5.83. The average Bonchev–Trinajstić information content (AvgIpc) is 3.35. The first-order chi connectivity index (χ1) is 15.5. The average molecular weight is 432 g/mol. The van der Waals surface area contributed by atoms with Gasteiger partial charge >= 0.3 is 0 Å². The number of methoxy groups -OCH3 is 1. The molecule has 0 atom stereocenters. The third-order valence-corrected chi connectivity index (χ3v) is 5.83. The smallest absolute Gasteiger partial charge is 0.226 e. The standard InChI is InChI=1S/C25H22F2N4O/c1-32-23-9-6-16(13-20(23)27)15-5-8-22-18(12-15)24(17-4-7-21(28)19(26)14-17)30-25(29-22)31-10-2-3-11-31/h4-9,12-14H,2-3,10-11,28H2,1H3. The molecule has 0 amide bonds. The van der Waals surface area contributed by atoms with Crippen molar-refractivity contribution in [3.63, 3.8) is 0 Å². The summed E-state index contributed by atoms with van der Waals surface area (Å²) >= 11 is 0. The molecule has 1 aliphatic heterocycles. The number of nitrogens with zero attached hydrogens (tertiary/aromatic N) is 3. The van der Waals surface area contributed by atoms with Crippen LogP contribution in [0.15, 0.2) is 54.6 Å². The molecule has 5 nitrogen and oxygen atoms in total. The molecule has 0 aliphatic carbocycles. The van der Waals surface area contributed by atoms with Gasteiger partial charge in [-0.25, -0.2) is 18.7 Å². The minimum absolute atomic E-state index is 0.0845. The summed E-state index contributed by atoms with van der Waals surface area (Å²) < 4.78 is 33.6. The van der Waals surface area contributed by atoms with Crippen LogP contribution in [0.4, 0.5) is 20.4 Å². The van der Waals surface area contributed by atoms with Gasteiger partial charge in [-0.05, 0) is 60.4 Å². The lowest BCUT2D eigenvalue weighted by atomic mass is 10.00. The van der Waals surface area contributed by atoms with Gasteiger partial charge in [-0.2, -0.15) is 0 Å². The Morgan fingerprint density at radius 2 is 1.53 bits per heavy atom. The molecule has 3 aromatic carbocycles. The van der Waals surface area contributed by atoms with Crippen molar-refractivity contribution in [3.8, 4) is 28.1 Å². The largest absolute Gasteiger partial charge is 0.494 e. The van der Waals surface area contributed by atoms with Crippen LogP contribution in [0.3, 0.4) is 0 Å². The van der Waals surface area contributed by atoms with Crippen molar-refractivity contribution < 1.29 is 13.5 Å². The van der Waals surface area contributed by atoms with Crippen molar-refractivity contribution in [2.75, 3.05) is 30.8 Å². The van der Waals surface area contributed by atoms with Gasteiger partial charge in [0.25, 0.3) is 0 Å². The highest BCUT2D eigenvalue weighted by Crippen LogP contribution is 2.34. The Kier molecular flexibility index (Phi) is 5.09. The summed E-state index contributed by atoms with van der Waals surface area (Å²) in [5.74, 6) is -0.117. The highest BCUT2D eigenvalue weighted by atomic mass is 19.1. The number of hydrogen-bond donors (Lipinski definition) is 1. The van der Waals surface area contributed by atoms with Gasteiger partial charge in [-0.1, -0.05) is 18.2 Å². The Hall–Kier alpha value is -3.74. The number of anilines is 2. The van der Waals surface area contributed by atoms with Gasteiger partial charge in [0.05, 0.1) is 24.0 Å². The fourth-order valence-electron chi connectivity index (χ4n) is 4.09. The lowest BCUT2D eigenvalue weighted by Gasteiger charge is -2.18. The maximum absolute atomic E-state index is 14.3.